The third kappa shape index (κ3) is 1.90. The first-order valence-corrected chi connectivity index (χ1v) is 9.14. The van der Waals surface area contributed by atoms with Gasteiger partial charge in [-0.3, -0.25) is 0 Å². The molecule has 0 atom stereocenters. The molecule has 1 aliphatic heterocycles. The molecule has 0 saturated heterocycles. The van der Waals surface area contributed by atoms with Crippen LogP contribution >= 0.6 is 11.3 Å². The van der Waals surface area contributed by atoms with Crippen LogP contribution in [0.25, 0.3) is 20.2 Å². The van der Waals surface area contributed by atoms with Crippen molar-refractivity contribution in [3.63, 3.8) is 0 Å². The van der Waals surface area contributed by atoms with Crippen molar-refractivity contribution >= 4 is 42.9 Å². The molecule has 3 aromatic carbocycles. The van der Waals surface area contributed by atoms with Crippen molar-refractivity contribution in [2.45, 2.75) is 13.3 Å². The van der Waals surface area contributed by atoms with E-state index in [1.807, 2.05) is 11.3 Å². The summed E-state index contributed by atoms with van der Waals surface area (Å²) < 4.78 is 5.14. The Kier molecular flexibility index (Phi) is 2.92. The summed E-state index contributed by atoms with van der Waals surface area (Å²) in [7, 11) is 2.20. The van der Waals surface area contributed by atoms with E-state index < -0.39 is 0 Å². The van der Waals surface area contributed by atoms with Crippen molar-refractivity contribution in [2.75, 3.05) is 7.05 Å². The number of hydrogen-bond donors (Lipinski definition) is 0. The molecule has 0 unspecified atom stereocenters. The van der Waals surface area contributed by atoms with Crippen LogP contribution in [0.2, 0.25) is 0 Å². The molecular formula is C22H18NS+. The van der Waals surface area contributed by atoms with Crippen LogP contribution in [0.3, 0.4) is 0 Å². The fourth-order valence-electron chi connectivity index (χ4n) is 3.88. The average molecular weight is 328 g/mol. The standard InChI is InChI=1S/C22H18NS/c1-14-7-3-4-8-16(14)20-12-15-11-18-17-9-5-6-10-21(17)24-22(18)13-19(15)23(20)2/h3-11,13H,12H2,1-2H3/q+1. The van der Waals surface area contributed by atoms with E-state index in [0.29, 0.717) is 0 Å². The van der Waals surface area contributed by atoms with E-state index in [9.17, 15) is 0 Å². The van der Waals surface area contributed by atoms with Gasteiger partial charge >= 0.3 is 0 Å². The summed E-state index contributed by atoms with van der Waals surface area (Å²) >= 11 is 1.89. The topological polar surface area (TPSA) is 3.01 Å². The Balaban J connectivity index is 1.74. The molecule has 24 heavy (non-hydrogen) atoms. The summed E-state index contributed by atoms with van der Waals surface area (Å²) in [6.45, 7) is 2.20. The maximum absolute atomic E-state index is 2.41. The summed E-state index contributed by atoms with van der Waals surface area (Å²) in [6, 6.07) is 22.2. The number of thiophene rings is 1. The van der Waals surface area contributed by atoms with Crippen molar-refractivity contribution in [3.05, 3.63) is 77.4 Å². The molecule has 0 bridgehead atoms. The SMILES string of the molecule is Cc1ccccc1C1=[N+](C)c2cc3sc4ccccc4c3cc2C1. The molecule has 0 radical (unpaired) electrons. The number of fused-ring (bicyclic) bond motifs is 4. The predicted octanol–water partition coefficient (Wildman–Crippen LogP) is 5.68. The van der Waals surface area contributed by atoms with Crippen LogP contribution in [0.5, 0.6) is 0 Å². The molecule has 5 rings (SSSR count). The Bertz CT molecular complexity index is 1150. The molecule has 2 heteroatoms. The summed E-state index contributed by atoms with van der Waals surface area (Å²) in [5, 5.41) is 2.78. The highest BCUT2D eigenvalue weighted by Gasteiger charge is 2.30. The zero-order valence-electron chi connectivity index (χ0n) is 13.8. The van der Waals surface area contributed by atoms with E-state index in [0.717, 1.165) is 6.42 Å². The minimum atomic E-state index is 1.01. The fourth-order valence-corrected chi connectivity index (χ4v) is 5.00. The minimum absolute atomic E-state index is 1.01. The number of nitrogens with zero attached hydrogens (tertiary/aromatic N) is 1. The largest absolute Gasteiger partial charge is 0.210 e. The van der Waals surface area contributed by atoms with Crippen LogP contribution in [0.15, 0.2) is 60.7 Å². The monoisotopic (exact) mass is 328 g/mol. The van der Waals surface area contributed by atoms with Gasteiger partial charge in [-0.2, -0.15) is 4.58 Å². The van der Waals surface area contributed by atoms with Gasteiger partial charge in [0.15, 0.2) is 5.71 Å². The van der Waals surface area contributed by atoms with Gasteiger partial charge in [0.25, 0.3) is 0 Å². The highest BCUT2D eigenvalue weighted by molar-refractivity contribution is 7.25. The van der Waals surface area contributed by atoms with Gasteiger partial charge in [-0.05, 0) is 30.7 Å². The number of hydrogen-bond acceptors (Lipinski definition) is 1. The first-order chi connectivity index (χ1) is 11.7. The van der Waals surface area contributed by atoms with Crippen LogP contribution in [-0.2, 0) is 6.42 Å². The molecule has 0 fully saturated rings. The highest BCUT2D eigenvalue weighted by Crippen LogP contribution is 2.39. The van der Waals surface area contributed by atoms with E-state index in [1.54, 1.807) is 0 Å². The molecule has 1 aliphatic rings. The van der Waals surface area contributed by atoms with E-state index in [-0.39, 0.29) is 0 Å². The van der Waals surface area contributed by atoms with Crippen LogP contribution < -0.4 is 0 Å². The number of benzene rings is 3. The van der Waals surface area contributed by atoms with Crippen LogP contribution in [0.1, 0.15) is 16.7 Å². The molecular weight excluding hydrogens is 310 g/mol. The van der Waals surface area contributed by atoms with Crippen molar-refractivity contribution < 1.29 is 4.58 Å². The average Bonchev–Trinajstić information content (AvgIpc) is 3.11. The van der Waals surface area contributed by atoms with Crippen LogP contribution in [0.4, 0.5) is 5.69 Å². The van der Waals surface area contributed by atoms with Crippen molar-refractivity contribution in [1.29, 1.82) is 0 Å². The van der Waals surface area contributed by atoms with Gasteiger partial charge in [0.2, 0.25) is 5.69 Å². The lowest BCUT2D eigenvalue weighted by molar-refractivity contribution is -0.401. The van der Waals surface area contributed by atoms with E-state index in [1.165, 1.54) is 48.3 Å². The first kappa shape index (κ1) is 13.9. The molecule has 116 valence electrons. The summed E-state index contributed by atoms with van der Waals surface area (Å²) in [5.74, 6) is 0. The van der Waals surface area contributed by atoms with E-state index in [4.69, 9.17) is 0 Å². The summed E-state index contributed by atoms with van der Waals surface area (Å²) in [5.41, 5.74) is 6.91. The van der Waals surface area contributed by atoms with Gasteiger partial charge < -0.3 is 0 Å². The second-order valence-electron chi connectivity index (χ2n) is 6.57. The molecule has 0 N–H and O–H groups in total. The van der Waals surface area contributed by atoms with Crippen LogP contribution in [-0.4, -0.2) is 17.3 Å². The number of rotatable bonds is 1. The van der Waals surface area contributed by atoms with Gasteiger partial charge in [0.05, 0.1) is 6.42 Å². The maximum atomic E-state index is 2.41. The first-order valence-electron chi connectivity index (χ1n) is 8.32. The lowest BCUT2D eigenvalue weighted by Gasteiger charge is -2.02. The van der Waals surface area contributed by atoms with E-state index >= 15 is 0 Å². The van der Waals surface area contributed by atoms with Crippen LogP contribution in [0, 0.1) is 6.92 Å². The molecule has 1 nitrogen and oxygen atoms in total. The zero-order chi connectivity index (χ0) is 16.3. The Labute approximate surface area is 145 Å². The molecule has 0 amide bonds. The summed E-state index contributed by atoms with van der Waals surface area (Å²) in [4.78, 5) is 0. The lowest BCUT2D eigenvalue weighted by atomic mass is 9.99. The molecule has 0 spiro atoms. The molecule has 4 aromatic rings. The number of aryl methyl sites for hydroxylation is 1. The normalized spacial score (nSPS) is 13.9. The Morgan fingerprint density at radius 1 is 0.875 bits per heavy atom. The molecule has 2 heterocycles. The van der Waals surface area contributed by atoms with Gasteiger partial charge in [-0.1, -0.05) is 36.4 Å². The third-order valence-corrected chi connectivity index (χ3v) is 6.29. The van der Waals surface area contributed by atoms with Gasteiger partial charge in [0.1, 0.15) is 7.05 Å². The van der Waals surface area contributed by atoms with Gasteiger partial charge in [-0.15, -0.1) is 11.3 Å². The quantitative estimate of drug-likeness (QED) is 0.395. The molecule has 0 saturated carbocycles. The summed E-state index contributed by atoms with van der Waals surface area (Å²) in [6.07, 6.45) is 1.01. The van der Waals surface area contributed by atoms with Gasteiger partial charge in [0, 0.05) is 37.4 Å². The lowest BCUT2D eigenvalue weighted by Crippen LogP contribution is -2.11. The molecule has 1 aromatic heterocycles. The smallest absolute Gasteiger partial charge is 0.198 e. The van der Waals surface area contributed by atoms with Crippen molar-refractivity contribution in [2.24, 2.45) is 0 Å². The Morgan fingerprint density at radius 3 is 2.54 bits per heavy atom. The van der Waals surface area contributed by atoms with E-state index in [2.05, 4.69) is 79.2 Å². The second kappa shape index (κ2) is 5.02. The Morgan fingerprint density at radius 2 is 1.67 bits per heavy atom. The molecule has 0 aliphatic carbocycles. The maximum Gasteiger partial charge on any atom is 0.210 e. The van der Waals surface area contributed by atoms with Gasteiger partial charge in [-0.25, -0.2) is 0 Å². The fraction of sp³-hybridized carbons (Fsp3) is 0.136. The Hall–Kier alpha value is -2.45. The third-order valence-electron chi connectivity index (χ3n) is 5.16. The highest BCUT2D eigenvalue weighted by atomic mass is 32.1. The zero-order valence-corrected chi connectivity index (χ0v) is 14.7. The van der Waals surface area contributed by atoms with Crippen molar-refractivity contribution in [3.8, 4) is 0 Å². The van der Waals surface area contributed by atoms with Crippen molar-refractivity contribution in [1.82, 2.24) is 0 Å². The minimum Gasteiger partial charge on any atom is -0.198 e. The predicted molar refractivity (Wildman–Crippen MR) is 104 cm³/mol. The second-order valence-corrected chi connectivity index (χ2v) is 7.66.